The van der Waals surface area contributed by atoms with Gasteiger partial charge in [0.1, 0.15) is 15.4 Å². The third-order valence-corrected chi connectivity index (χ3v) is 14.0. The number of para-hydroxylation sites is 1. The molecule has 1 aliphatic heterocycles. The molecule has 1 aromatic carbocycles. The molecule has 120 valence electrons. The molecule has 0 aliphatic carbocycles. The summed E-state index contributed by atoms with van der Waals surface area (Å²) < 4.78 is 12.6. The van der Waals surface area contributed by atoms with Gasteiger partial charge in [-0.25, -0.2) is 0 Å². The molecule has 0 N–H and O–H groups in total. The number of hydrogen-bond acceptors (Lipinski definition) is 5. The molecular formula is C13H17NO2S5Si. The van der Waals surface area contributed by atoms with Crippen LogP contribution >= 0.6 is 0 Å². The molecule has 1 aromatic rings. The fraction of sp³-hybridized carbons (Fsp3) is 0.462. The van der Waals surface area contributed by atoms with E-state index in [4.69, 9.17) is 44.7 Å². The second-order valence-corrected chi connectivity index (χ2v) is 13.7. The van der Waals surface area contributed by atoms with Gasteiger partial charge in [0.05, 0.1) is 4.90 Å². The van der Waals surface area contributed by atoms with Crippen molar-refractivity contribution in [1.29, 1.82) is 0 Å². The predicted octanol–water partition coefficient (Wildman–Crippen LogP) is 2.12. The Morgan fingerprint density at radius 2 is 2.00 bits per heavy atom. The Hall–Kier alpha value is 0.257. The first-order valence-electron chi connectivity index (χ1n) is 6.63. The van der Waals surface area contributed by atoms with Crippen LogP contribution in [0.4, 0.5) is 5.69 Å². The van der Waals surface area contributed by atoms with Gasteiger partial charge < -0.3 is 22.3 Å². The van der Waals surface area contributed by atoms with E-state index in [0.717, 1.165) is 22.0 Å². The maximum absolute atomic E-state index is 6.01. The normalized spacial score (nSPS) is 22.0. The van der Waals surface area contributed by atoms with Crippen molar-refractivity contribution in [2.45, 2.75) is 29.7 Å². The highest BCUT2D eigenvalue weighted by Crippen LogP contribution is 2.37. The highest BCUT2D eigenvalue weighted by molar-refractivity contribution is 8.71. The highest BCUT2D eigenvalue weighted by atomic mass is 33.2. The lowest BCUT2D eigenvalue weighted by molar-refractivity contribution is -0.235. The standard InChI is InChI=1S/C13H17NO2S5Si/c1-4-11(22-13(15-2)16-3)12-14(17)9-7-5-6-8-10(9)21(12,19)20-18/h5-8,11,13H,4H2,1-3H3. The van der Waals surface area contributed by atoms with Gasteiger partial charge in [-0.05, 0) is 43.7 Å². The Morgan fingerprint density at radius 3 is 2.55 bits per heavy atom. The van der Waals surface area contributed by atoms with Gasteiger partial charge in [-0.1, -0.05) is 19.1 Å². The molecule has 9 heteroatoms. The summed E-state index contributed by atoms with van der Waals surface area (Å²) in [5.74, 6) is -0.238. The Kier molecular flexibility index (Phi) is 6.67. The third-order valence-electron chi connectivity index (χ3n) is 3.42. The fourth-order valence-corrected chi connectivity index (χ4v) is 11.4. The first kappa shape index (κ1) is 18.6. The largest absolute Gasteiger partial charge is 0.426 e. The first-order valence-corrected chi connectivity index (χ1v) is 13.0. The minimum Gasteiger partial charge on any atom is -0.426 e. The number of hydrogen-bond donors (Lipinski definition) is 0. The molecule has 0 amide bonds. The van der Waals surface area contributed by atoms with Crippen LogP contribution in [-0.4, -0.2) is 38.7 Å². The lowest BCUT2D eigenvalue weighted by Crippen LogP contribution is -2.33. The van der Waals surface area contributed by atoms with Gasteiger partial charge in [-0.2, -0.15) is 0 Å². The van der Waals surface area contributed by atoms with Crippen molar-refractivity contribution in [2.24, 2.45) is 0 Å². The average Bonchev–Trinajstić information content (AvgIpc) is 2.79. The van der Waals surface area contributed by atoms with E-state index in [1.54, 1.807) is 14.2 Å². The molecule has 2 radical (unpaired) electrons. The third kappa shape index (κ3) is 3.23. The van der Waals surface area contributed by atoms with Gasteiger partial charge in [0, 0.05) is 33.0 Å². The highest BCUT2D eigenvalue weighted by Gasteiger charge is 2.39. The van der Waals surface area contributed by atoms with E-state index >= 15 is 0 Å². The lowest BCUT2D eigenvalue weighted by atomic mass is 10.3. The zero-order valence-corrected chi connectivity index (χ0v) is 17.6. The van der Waals surface area contributed by atoms with Crippen LogP contribution in [0.3, 0.4) is 0 Å². The van der Waals surface area contributed by atoms with Crippen LogP contribution < -0.4 is 0 Å². The minimum absolute atomic E-state index is 0.220. The summed E-state index contributed by atoms with van der Waals surface area (Å²) in [6.45, 7) is 2.14. The summed E-state index contributed by atoms with van der Waals surface area (Å²) in [6.07, 6.45) is 0.930. The molecule has 0 saturated carbocycles. The molecule has 22 heavy (non-hydrogen) atoms. The van der Waals surface area contributed by atoms with Crippen molar-refractivity contribution in [3.8, 4) is 0 Å². The van der Waals surface area contributed by atoms with E-state index in [2.05, 4.69) is 13.0 Å². The molecule has 0 saturated heterocycles. The van der Waals surface area contributed by atoms with Gasteiger partial charge in [0.15, 0.2) is 0 Å². The molecule has 0 aromatic heterocycles. The molecule has 0 spiro atoms. The first-order chi connectivity index (χ1) is 10.5. The SMILES string of the molecule is CCC([Si]C(OC)OC)C1=[N+]([S-])c2ccccc2S1(=S)=S=S. The van der Waals surface area contributed by atoms with E-state index in [-0.39, 0.29) is 11.5 Å². The molecule has 3 nitrogen and oxygen atoms in total. The van der Waals surface area contributed by atoms with E-state index in [1.165, 1.54) is 8.88 Å². The molecule has 0 bridgehead atoms. The Labute approximate surface area is 152 Å². The second kappa shape index (κ2) is 7.89. The van der Waals surface area contributed by atoms with Crippen molar-refractivity contribution in [3.05, 3.63) is 24.3 Å². The van der Waals surface area contributed by atoms with Gasteiger partial charge >= 0.3 is 0 Å². The zero-order chi connectivity index (χ0) is 16.3. The Bertz CT molecular complexity index is 734. The zero-order valence-electron chi connectivity index (χ0n) is 12.5. The summed E-state index contributed by atoms with van der Waals surface area (Å²) in [7, 11) is 3.37. The van der Waals surface area contributed by atoms with Crippen molar-refractivity contribution >= 4 is 71.5 Å². The van der Waals surface area contributed by atoms with Gasteiger partial charge in [-0.3, -0.25) is 3.98 Å². The number of ether oxygens (including phenoxy) is 2. The van der Waals surface area contributed by atoms with Crippen LogP contribution in [0.1, 0.15) is 13.3 Å². The molecule has 2 rings (SSSR count). The molecule has 1 heterocycles. The summed E-state index contributed by atoms with van der Waals surface area (Å²) in [5.41, 5.74) is 1.22. The number of methoxy groups -OCH3 is 2. The van der Waals surface area contributed by atoms with E-state index in [0.29, 0.717) is 9.52 Å². The van der Waals surface area contributed by atoms with Gasteiger partial charge in [-0.15, -0.1) is 0 Å². The maximum atomic E-state index is 6.01. The van der Waals surface area contributed by atoms with Crippen LogP contribution in [-0.2, 0) is 60.7 Å². The Balaban J connectivity index is 2.56. The van der Waals surface area contributed by atoms with E-state index in [1.807, 2.05) is 22.2 Å². The van der Waals surface area contributed by atoms with Gasteiger partial charge in [0.2, 0.25) is 10.7 Å². The monoisotopic (exact) mass is 407 g/mol. The minimum atomic E-state index is -1.72. The Morgan fingerprint density at radius 1 is 1.36 bits per heavy atom. The van der Waals surface area contributed by atoms with Gasteiger partial charge in [0.25, 0.3) is 0 Å². The molecule has 0 fully saturated rings. The summed E-state index contributed by atoms with van der Waals surface area (Å²) in [6, 6.07) is 8.07. The number of fused-ring (bicyclic) bond motifs is 1. The summed E-state index contributed by atoms with van der Waals surface area (Å²) >= 11 is 17.0. The van der Waals surface area contributed by atoms with Crippen LogP contribution in [0.5, 0.6) is 0 Å². The van der Waals surface area contributed by atoms with Crippen LogP contribution in [0, 0.1) is 0 Å². The molecular weight excluding hydrogens is 391 g/mol. The summed E-state index contributed by atoms with van der Waals surface area (Å²) in [5, 5.41) is 1.08. The summed E-state index contributed by atoms with van der Waals surface area (Å²) in [4.78, 5) is 1.10. The lowest BCUT2D eigenvalue weighted by Gasteiger charge is -2.20. The van der Waals surface area contributed by atoms with Crippen molar-refractivity contribution in [2.75, 3.05) is 14.2 Å². The number of rotatable bonds is 6. The average molecular weight is 408 g/mol. The fourth-order valence-electron chi connectivity index (χ4n) is 2.35. The molecule has 2 unspecified atom stereocenters. The molecule has 1 aliphatic rings. The smallest absolute Gasteiger partial charge is 0.213 e. The van der Waals surface area contributed by atoms with Crippen molar-refractivity contribution in [3.63, 3.8) is 0 Å². The van der Waals surface area contributed by atoms with E-state index < -0.39 is 7.15 Å². The molecule has 2 atom stereocenters. The predicted molar refractivity (Wildman–Crippen MR) is 104 cm³/mol. The van der Waals surface area contributed by atoms with Crippen LogP contribution in [0.2, 0.25) is 5.54 Å². The van der Waals surface area contributed by atoms with Crippen molar-refractivity contribution in [1.82, 2.24) is 0 Å². The number of nitrogens with zero attached hydrogens (tertiary/aromatic N) is 1. The second-order valence-electron chi connectivity index (χ2n) is 4.60. The van der Waals surface area contributed by atoms with Crippen molar-refractivity contribution < 1.29 is 13.5 Å². The maximum Gasteiger partial charge on any atom is 0.213 e. The topological polar surface area (TPSA) is 21.5 Å². The van der Waals surface area contributed by atoms with Crippen LogP contribution in [0.25, 0.3) is 0 Å². The quantitative estimate of drug-likeness (QED) is 0.311. The van der Waals surface area contributed by atoms with E-state index in [9.17, 15) is 0 Å². The van der Waals surface area contributed by atoms with Crippen LogP contribution in [0.15, 0.2) is 29.2 Å². The number of benzene rings is 1.